The Labute approximate surface area is 176 Å². The minimum Gasteiger partial charge on any atom is -0.495 e. The average Bonchev–Trinajstić information content (AvgIpc) is 3.08. The second-order valence-corrected chi connectivity index (χ2v) is 7.57. The first-order chi connectivity index (χ1) is 14.6. The molecule has 30 heavy (non-hydrogen) atoms. The Morgan fingerprint density at radius 3 is 2.40 bits per heavy atom. The van der Waals surface area contributed by atoms with E-state index in [1.54, 1.807) is 31.4 Å². The summed E-state index contributed by atoms with van der Waals surface area (Å²) in [5.41, 5.74) is 1.69. The Balaban J connectivity index is 1.42. The van der Waals surface area contributed by atoms with Gasteiger partial charge in [-0.3, -0.25) is 9.59 Å². The second-order valence-electron chi connectivity index (χ2n) is 7.57. The van der Waals surface area contributed by atoms with Gasteiger partial charge in [0.05, 0.1) is 57.7 Å². The third-order valence-electron chi connectivity index (χ3n) is 5.88. The number of benzene rings is 2. The predicted octanol–water partition coefficient (Wildman–Crippen LogP) is 1.13. The third-order valence-corrected chi connectivity index (χ3v) is 5.88. The molecule has 0 radical (unpaired) electrons. The SMILES string of the molecule is CCOc1ccc(N2C(=O)C[C@H]([NH+]3CCN(c4ccccc4OC)CC3)C2=O)cc1. The molecule has 0 unspecified atom stereocenters. The van der Waals surface area contributed by atoms with Crippen LogP contribution in [0.1, 0.15) is 13.3 Å². The van der Waals surface area contributed by atoms with Crippen LogP contribution in [-0.2, 0) is 9.59 Å². The molecular weight excluding hydrogens is 382 g/mol. The zero-order chi connectivity index (χ0) is 21.1. The molecule has 2 fully saturated rings. The highest BCUT2D eigenvalue weighted by atomic mass is 16.5. The number of nitrogens with one attached hydrogen (secondary N) is 1. The van der Waals surface area contributed by atoms with E-state index in [1.165, 1.54) is 9.80 Å². The maximum absolute atomic E-state index is 13.1. The average molecular weight is 410 g/mol. The maximum atomic E-state index is 13.1. The smallest absolute Gasteiger partial charge is 0.292 e. The molecule has 0 aromatic heterocycles. The van der Waals surface area contributed by atoms with Crippen molar-refractivity contribution < 1.29 is 24.0 Å². The van der Waals surface area contributed by atoms with Gasteiger partial charge in [0, 0.05) is 0 Å². The number of hydrogen-bond donors (Lipinski definition) is 1. The number of hydrogen-bond acceptors (Lipinski definition) is 5. The summed E-state index contributed by atoms with van der Waals surface area (Å²) in [7, 11) is 1.68. The molecule has 2 aromatic rings. The number of quaternary nitrogens is 1. The van der Waals surface area contributed by atoms with E-state index < -0.39 is 0 Å². The summed E-state index contributed by atoms with van der Waals surface area (Å²) in [6.45, 7) is 5.74. The Hall–Kier alpha value is -3.06. The van der Waals surface area contributed by atoms with Crippen molar-refractivity contribution in [3.05, 3.63) is 48.5 Å². The van der Waals surface area contributed by atoms with Gasteiger partial charge in [-0.15, -0.1) is 0 Å². The van der Waals surface area contributed by atoms with Crippen LogP contribution in [0.15, 0.2) is 48.5 Å². The molecule has 2 aliphatic heterocycles. The van der Waals surface area contributed by atoms with E-state index in [0.29, 0.717) is 12.3 Å². The number of amides is 2. The largest absolute Gasteiger partial charge is 0.495 e. The Morgan fingerprint density at radius 1 is 1.03 bits per heavy atom. The molecule has 0 spiro atoms. The molecule has 2 saturated heterocycles. The van der Waals surface area contributed by atoms with E-state index in [9.17, 15) is 9.59 Å². The molecule has 1 N–H and O–H groups in total. The van der Waals surface area contributed by atoms with Crippen LogP contribution in [0.5, 0.6) is 11.5 Å². The molecular formula is C23H28N3O4+. The minimum atomic E-state index is -0.316. The van der Waals surface area contributed by atoms with Crippen molar-refractivity contribution in [2.24, 2.45) is 0 Å². The summed E-state index contributed by atoms with van der Waals surface area (Å²) in [5, 5.41) is 0. The summed E-state index contributed by atoms with van der Waals surface area (Å²) in [6.07, 6.45) is 0.260. The second kappa shape index (κ2) is 8.75. The van der Waals surface area contributed by atoms with Gasteiger partial charge < -0.3 is 19.3 Å². The highest BCUT2D eigenvalue weighted by Crippen LogP contribution is 2.28. The lowest BCUT2D eigenvalue weighted by molar-refractivity contribution is -0.915. The molecule has 2 aliphatic rings. The minimum absolute atomic E-state index is 0.107. The van der Waals surface area contributed by atoms with E-state index in [0.717, 1.165) is 43.4 Å². The zero-order valence-electron chi connectivity index (χ0n) is 17.5. The zero-order valence-corrected chi connectivity index (χ0v) is 17.5. The molecule has 0 saturated carbocycles. The van der Waals surface area contributed by atoms with Gasteiger partial charge in [0.1, 0.15) is 11.5 Å². The first-order valence-electron chi connectivity index (χ1n) is 10.4. The highest BCUT2D eigenvalue weighted by Gasteiger charge is 2.46. The molecule has 2 heterocycles. The van der Waals surface area contributed by atoms with Gasteiger partial charge >= 0.3 is 0 Å². The number of nitrogens with zero attached hydrogens (tertiary/aromatic N) is 2. The standard InChI is InChI=1S/C23H27N3O4/c1-3-30-18-10-8-17(9-11-18)26-22(27)16-20(23(26)28)25-14-12-24(13-15-25)19-6-4-5-7-21(19)29-2/h4-11,20H,3,12-16H2,1-2H3/p+1/t20-/m0/s1. The molecule has 2 amide bonds. The van der Waals surface area contributed by atoms with Crippen molar-refractivity contribution in [2.75, 3.05) is 49.7 Å². The Bertz CT molecular complexity index is 907. The number of para-hydroxylation sites is 2. The van der Waals surface area contributed by atoms with Crippen LogP contribution in [0.2, 0.25) is 0 Å². The van der Waals surface area contributed by atoms with Crippen LogP contribution in [-0.4, -0.2) is 57.8 Å². The van der Waals surface area contributed by atoms with Gasteiger partial charge in [-0.2, -0.15) is 0 Å². The number of carbonyl (C=O) groups is 2. The summed E-state index contributed by atoms with van der Waals surface area (Å²) >= 11 is 0. The molecule has 7 nitrogen and oxygen atoms in total. The lowest BCUT2D eigenvalue weighted by atomic mass is 10.1. The topological polar surface area (TPSA) is 63.5 Å². The van der Waals surface area contributed by atoms with Crippen molar-refractivity contribution in [3.63, 3.8) is 0 Å². The molecule has 1 atom stereocenters. The van der Waals surface area contributed by atoms with Gasteiger partial charge in [0.15, 0.2) is 6.04 Å². The maximum Gasteiger partial charge on any atom is 0.292 e. The number of ether oxygens (including phenoxy) is 2. The van der Waals surface area contributed by atoms with E-state index >= 15 is 0 Å². The summed E-state index contributed by atoms with van der Waals surface area (Å²) < 4.78 is 10.9. The first kappa shape index (κ1) is 20.2. The fourth-order valence-electron chi connectivity index (χ4n) is 4.35. The van der Waals surface area contributed by atoms with Crippen molar-refractivity contribution in [1.82, 2.24) is 0 Å². The molecule has 158 valence electrons. The van der Waals surface area contributed by atoms with Crippen LogP contribution in [0.4, 0.5) is 11.4 Å². The van der Waals surface area contributed by atoms with Crippen LogP contribution >= 0.6 is 0 Å². The predicted molar refractivity (Wildman–Crippen MR) is 114 cm³/mol. The first-order valence-corrected chi connectivity index (χ1v) is 10.4. The number of imide groups is 1. The van der Waals surface area contributed by atoms with Crippen LogP contribution in [0.25, 0.3) is 0 Å². The molecule has 4 rings (SSSR count). The Morgan fingerprint density at radius 2 is 1.73 bits per heavy atom. The normalized spacial score (nSPS) is 20.0. The molecule has 2 aromatic carbocycles. The number of methoxy groups -OCH3 is 1. The molecule has 7 heteroatoms. The van der Waals surface area contributed by atoms with Crippen molar-refractivity contribution >= 4 is 23.2 Å². The van der Waals surface area contributed by atoms with E-state index in [-0.39, 0.29) is 24.3 Å². The van der Waals surface area contributed by atoms with Gasteiger partial charge in [-0.05, 0) is 43.3 Å². The van der Waals surface area contributed by atoms with Crippen LogP contribution in [0.3, 0.4) is 0 Å². The fraction of sp³-hybridized carbons (Fsp3) is 0.391. The van der Waals surface area contributed by atoms with Crippen molar-refractivity contribution in [2.45, 2.75) is 19.4 Å². The fourth-order valence-corrected chi connectivity index (χ4v) is 4.35. The van der Waals surface area contributed by atoms with E-state index in [1.807, 2.05) is 25.1 Å². The monoisotopic (exact) mass is 410 g/mol. The van der Waals surface area contributed by atoms with E-state index in [2.05, 4.69) is 11.0 Å². The Kier molecular flexibility index (Phi) is 5.90. The summed E-state index contributed by atoms with van der Waals surface area (Å²) in [6, 6.07) is 14.8. The van der Waals surface area contributed by atoms with Gasteiger partial charge in [0.2, 0.25) is 5.91 Å². The quantitative estimate of drug-likeness (QED) is 0.724. The number of anilines is 2. The number of rotatable bonds is 6. The van der Waals surface area contributed by atoms with Gasteiger partial charge in [0.25, 0.3) is 5.91 Å². The summed E-state index contributed by atoms with van der Waals surface area (Å²) in [4.78, 5) is 30.5. The van der Waals surface area contributed by atoms with Crippen molar-refractivity contribution in [3.8, 4) is 11.5 Å². The lowest BCUT2D eigenvalue weighted by Crippen LogP contribution is -3.19. The van der Waals surface area contributed by atoms with E-state index in [4.69, 9.17) is 9.47 Å². The van der Waals surface area contributed by atoms with Gasteiger partial charge in [-0.25, -0.2) is 4.90 Å². The molecule has 0 bridgehead atoms. The van der Waals surface area contributed by atoms with Crippen molar-refractivity contribution in [1.29, 1.82) is 0 Å². The summed E-state index contributed by atoms with van der Waals surface area (Å²) in [5.74, 6) is 1.35. The number of piperazine rings is 1. The van der Waals surface area contributed by atoms with Crippen LogP contribution < -0.4 is 24.2 Å². The molecule has 0 aliphatic carbocycles. The lowest BCUT2D eigenvalue weighted by Gasteiger charge is -2.36. The third kappa shape index (κ3) is 3.85. The van der Waals surface area contributed by atoms with Crippen LogP contribution in [0, 0.1) is 0 Å². The van der Waals surface area contributed by atoms with Gasteiger partial charge in [-0.1, -0.05) is 12.1 Å². The highest BCUT2D eigenvalue weighted by molar-refractivity contribution is 6.21. The number of carbonyl (C=O) groups excluding carboxylic acids is 2.